The molecular formula is C29H27NO7. The first-order valence-corrected chi connectivity index (χ1v) is 12.1. The van der Waals surface area contributed by atoms with Gasteiger partial charge < -0.3 is 24.1 Å². The number of carbonyl (C=O) groups is 2. The molecule has 0 aliphatic carbocycles. The first-order chi connectivity index (χ1) is 17.9. The molecule has 0 bridgehead atoms. The van der Waals surface area contributed by atoms with E-state index < -0.39 is 17.7 Å². The molecular weight excluding hydrogens is 474 g/mol. The van der Waals surface area contributed by atoms with Crippen LogP contribution in [0.5, 0.6) is 23.0 Å². The van der Waals surface area contributed by atoms with E-state index in [0.29, 0.717) is 46.4 Å². The molecule has 2 aliphatic rings. The number of aliphatic hydroxyl groups is 1. The zero-order valence-corrected chi connectivity index (χ0v) is 20.8. The van der Waals surface area contributed by atoms with Gasteiger partial charge in [0.25, 0.3) is 11.7 Å². The van der Waals surface area contributed by atoms with Crippen molar-refractivity contribution in [2.24, 2.45) is 0 Å². The summed E-state index contributed by atoms with van der Waals surface area (Å²) in [4.78, 5) is 28.2. The van der Waals surface area contributed by atoms with Crippen molar-refractivity contribution in [3.05, 3.63) is 83.4 Å². The smallest absolute Gasteiger partial charge is 0.300 e. The standard InChI is InChI=1S/C29H27NO7/c1-4-34-22-7-5-6-20(15-22)30-26(18-8-11-21(12-9-18)37-17(2)3)25(28(32)29(30)33)27(31)19-10-13-23-24(14-19)36-16-35-23/h5-15,17,26,31H,4,16H2,1-3H3/b27-25-. The maximum absolute atomic E-state index is 13.4. The van der Waals surface area contributed by atoms with Gasteiger partial charge in [-0.15, -0.1) is 0 Å². The molecule has 1 amide bonds. The molecule has 0 saturated carbocycles. The van der Waals surface area contributed by atoms with Crippen LogP contribution in [0.15, 0.2) is 72.3 Å². The van der Waals surface area contributed by atoms with Gasteiger partial charge in [-0.1, -0.05) is 18.2 Å². The minimum absolute atomic E-state index is 0.0104. The third-order valence-corrected chi connectivity index (χ3v) is 6.06. The van der Waals surface area contributed by atoms with Gasteiger partial charge in [-0.05, 0) is 68.8 Å². The van der Waals surface area contributed by atoms with Crippen molar-refractivity contribution in [3.8, 4) is 23.0 Å². The molecule has 2 aliphatic heterocycles. The summed E-state index contributed by atoms with van der Waals surface area (Å²) in [7, 11) is 0. The molecule has 1 N–H and O–H groups in total. The number of ether oxygens (including phenoxy) is 4. The Morgan fingerprint density at radius 2 is 1.76 bits per heavy atom. The Morgan fingerprint density at radius 1 is 1.00 bits per heavy atom. The number of amides is 1. The summed E-state index contributed by atoms with van der Waals surface area (Å²) in [5.41, 5.74) is 1.43. The molecule has 1 fully saturated rings. The Labute approximate surface area is 214 Å². The quantitative estimate of drug-likeness (QED) is 0.269. The highest BCUT2D eigenvalue weighted by Gasteiger charge is 2.47. The van der Waals surface area contributed by atoms with Gasteiger partial charge in [0.05, 0.1) is 24.3 Å². The second kappa shape index (κ2) is 9.89. The molecule has 3 aromatic rings. The van der Waals surface area contributed by atoms with Crippen molar-refractivity contribution < 1.29 is 33.6 Å². The van der Waals surface area contributed by atoms with Gasteiger partial charge in [0.15, 0.2) is 11.5 Å². The number of nitrogens with zero attached hydrogens (tertiary/aromatic N) is 1. The summed E-state index contributed by atoms with van der Waals surface area (Å²) in [5, 5.41) is 11.4. The largest absolute Gasteiger partial charge is 0.507 e. The minimum atomic E-state index is -0.879. The van der Waals surface area contributed by atoms with Crippen LogP contribution in [0.4, 0.5) is 5.69 Å². The van der Waals surface area contributed by atoms with Crippen LogP contribution in [0.25, 0.3) is 5.76 Å². The highest BCUT2D eigenvalue weighted by Crippen LogP contribution is 2.44. The van der Waals surface area contributed by atoms with Crippen molar-refractivity contribution in [1.82, 2.24) is 0 Å². The summed E-state index contributed by atoms with van der Waals surface area (Å²) in [6.07, 6.45) is -0.0104. The molecule has 5 rings (SSSR count). The summed E-state index contributed by atoms with van der Waals surface area (Å²) >= 11 is 0. The molecule has 1 atom stereocenters. The summed E-state index contributed by atoms with van der Waals surface area (Å²) in [6, 6.07) is 18.1. The fourth-order valence-electron chi connectivity index (χ4n) is 4.50. The third kappa shape index (κ3) is 4.58. The van der Waals surface area contributed by atoms with Gasteiger partial charge in [0.1, 0.15) is 17.3 Å². The molecule has 0 aromatic heterocycles. The zero-order valence-electron chi connectivity index (χ0n) is 20.8. The fraction of sp³-hybridized carbons (Fsp3) is 0.241. The number of rotatable bonds is 7. The number of hydrogen-bond acceptors (Lipinski definition) is 7. The molecule has 8 heteroatoms. The average Bonchev–Trinajstić information content (AvgIpc) is 3.46. The first-order valence-electron chi connectivity index (χ1n) is 12.1. The van der Waals surface area contributed by atoms with E-state index in [1.165, 1.54) is 4.90 Å². The molecule has 8 nitrogen and oxygen atoms in total. The van der Waals surface area contributed by atoms with Gasteiger partial charge in [-0.25, -0.2) is 0 Å². The van der Waals surface area contributed by atoms with E-state index in [0.717, 1.165) is 0 Å². The predicted molar refractivity (Wildman–Crippen MR) is 137 cm³/mol. The van der Waals surface area contributed by atoms with Gasteiger partial charge in [-0.2, -0.15) is 0 Å². The molecule has 190 valence electrons. The van der Waals surface area contributed by atoms with Crippen LogP contribution in [0.2, 0.25) is 0 Å². The Balaban J connectivity index is 1.65. The predicted octanol–water partition coefficient (Wildman–Crippen LogP) is 5.23. The Bertz CT molecular complexity index is 1380. The van der Waals surface area contributed by atoms with Gasteiger partial charge in [0, 0.05) is 17.3 Å². The van der Waals surface area contributed by atoms with E-state index in [-0.39, 0.29) is 24.2 Å². The average molecular weight is 502 g/mol. The zero-order chi connectivity index (χ0) is 26.1. The topological polar surface area (TPSA) is 94.5 Å². The van der Waals surface area contributed by atoms with Crippen LogP contribution in [0.3, 0.4) is 0 Å². The number of benzene rings is 3. The number of hydrogen-bond donors (Lipinski definition) is 1. The molecule has 1 unspecified atom stereocenters. The van der Waals surface area contributed by atoms with Crippen LogP contribution in [0.1, 0.15) is 37.9 Å². The molecule has 1 saturated heterocycles. The van der Waals surface area contributed by atoms with E-state index in [1.807, 2.05) is 20.8 Å². The van der Waals surface area contributed by atoms with Crippen molar-refractivity contribution in [1.29, 1.82) is 0 Å². The van der Waals surface area contributed by atoms with E-state index in [9.17, 15) is 14.7 Å². The van der Waals surface area contributed by atoms with Crippen molar-refractivity contribution in [2.75, 3.05) is 18.3 Å². The van der Waals surface area contributed by atoms with Gasteiger partial charge >= 0.3 is 0 Å². The number of fused-ring (bicyclic) bond motifs is 1. The van der Waals surface area contributed by atoms with E-state index in [1.54, 1.807) is 66.7 Å². The summed E-state index contributed by atoms with van der Waals surface area (Å²) < 4.78 is 22.2. The highest BCUT2D eigenvalue weighted by molar-refractivity contribution is 6.51. The lowest BCUT2D eigenvalue weighted by atomic mass is 9.95. The van der Waals surface area contributed by atoms with Crippen LogP contribution < -0.4 is 23.8 Å². The lowest BCUT2D eigenvalue weighted by Crippen LogP contribution is -2.29. The number of carbonyl (C=O) groups excluding carboxylic acids is 2. The van der Waals surface area contributed by atoms with Crippen LogP contribution in [-0.2, 0) is 9.59 Å². The lowest BCUT2D eigenvalue weighted by Gasteiger charge is -2.26. The number of Topliss-reactive ketones (excluding diaryl/α,β-unsaturated/α-hetero) is 1. The maximum Gasteiger partial charge on any atom is 0.300 e. The molecule has 0 radical (unpaired) electrons. The molecule has 3 aromatic carbocycles. The molecule has 2 heterocycles. The normalized spacial score (nSPS) is 17.9. The van der Waals surface area contributed by atoms with E-state index in [4.69, 9.17) is 18.9 Å². The van der Waals surface area contributed by atoms with Gasteiger partial charge in [0.2, 0.25) is 6.79 Å². The van der Waals surface area contributed by atoms with E-state index in [2.05, 4.69) is 0 Å². The van der Waals surface area contributed by atoms with Gasteiger partial charge in [-0.3, -0.25) is 14.5 Å². The van der Waals surface area contributed by atoms with Crippen molar-refractivity contribution in [2.45, 2.75) is 32.9 Å². The second-order valence-electron chi connectivity index (χ2n) is 8.90. The number of ketones is 1. The fourth-order valence-corrected chi connectivity index (χ4v) is 4.50. The maximum atomic E-state index is 13.4. The Hall–Kier alpha value is -4.46. The van der Waals surface area contributed by atoms with Crippen molar-refractivity contribution in [3.63, 3.8) is 0 Å². The summed E-state index contributed by atoms with van der Waals surface area (Å²) in [5.74, 6) is 0.388. The van der Waals surface area contributed by atoms with Crippen LogP contribution in [-0.4, -0.2) is 36.3 Å². The second-order valence-corrected chi connectivity index (χ2v) is 8.90. The minimum Gasteiger partial charge on any atom is -0.507 e. The van der Waals surface area contributed by atoms with Crippen molar-refractivity contribution >= 4 is 23.1 Å². The Kier molecular flexibility index (Phi) is 6.48. The number of aliphatic hydroxyl groups excluding tert-OH is 1. The summed E-state index contributed by atoms with van der Waals surface area (Å²) in [6.45, 7) is 6.25. The third-order valence-electron chi connectivity index (χ3n) is 6.06. The molecule has 0 spiro atoms. The van der Waals surface area contributed by atoms with Crippen LogP contribution in [0, 0.1) is 0 Å². The monoisotopic (exact) mass is 501 g/mol. The highest BCUT2D eigenvalue weighted by atomic mass is 16.7. The molecule has 37 heavy (non-hydrogen) atoms. The first kappa shape index (κ1) is 24.2. The van der Waals surface area contributed by atoms with Crippen LogP contribution >= 0.6 is 0 Å². The van der Waals surface area contributed by atoms with E-state index >= 15 is 0 Å². The SMILES string of the molecule is CCOc1cccc(N2C(=O)C(=O)/C(=C(\O)c3ccc4c(c3)OCO4)C2c2ccc(OC(C)C)cc2)c1. The lowest BCUT2D eigenvalue weighted by molar-refractivity contribution is -0.132. The number of anilines is 1. The Morgan fingerprint density at radius 3 is 2.49 bits per heavy atom.